The van der Waals surface area contributed by atoms with Gasteiger partial charge in [0.15, 0.2) is 0 Å². The third-order valence-corrected chi connectivity index (χ3v) is 5.51. The number of halogens is 3. The van der Waals surface area contributed by atoms with E-state index >= 15 is 0 Å². The average molecular weight is 436 g/mol. The highest BCUT2D eigenvalue weighted by Gasteiger charge is 2.32. The molecule has 2 rings (SSSR count). The highest BCUT2D eigenvalue weighted by atomic mass is 35.5. The summed E-state index contributed by atoms with van der Waals surface area (Å²) >= 11 is 18.1. The summed E-state index contributed by atoms with van der Waals surface area (Å²) in [6.45, 7) is 1.71. The first-order valence-corrected chi connectivity index (χ1v) is 10.6. The van der Waals surface area contributed by atoms with E-state index in [1.165, 1.54) is 18.2 Å². The fourth-order valence-corrected chi connectivity index (χ4v) is 4.40. The molecule has 0 saturated carbocycles. The average Bonchev–Trinajstić information content (AvgIpc) is 2.52. The zero-order valence-electron chi connectivity index (χ0n) is 14.0. The lowest BCUT2D eigenvalue weighted by Gasteiger charge is -2.30. The number of carbonyl (C=O) groups is 1. The molecule has 1 N–H and O–H groups in total. The Balaban J connectivity index is 2.44. The Bertz CT molecular complexity index is 899. The standard InChI is InChI=1S/C17H17Cl3N2O3S/c1-3-16(17(23)21-15-7-5-4-6-14(15)20)22(26(2,24)25)13-9-11(18)8-12(19)10-13/h4-10,16H,3H2,1-2H3,(H,21,23)/t16-/m0/s1. The van der Waals surface area contributed by atoms with E-state index in [1.54, 1.807) is 31.2 Å². The minimum absolute atomic E-state index is 0.214. The van der Waals surface area contributed by atoms with Crippen molar-refractivity contribution >= 4 is 62.1 Å². The van der Waals surface area contributed by atoms with Crippen LogP contribution in [0, 0.1) is 0 Å². The van der Waals surface area contributed by atoms with Crippen molar-refractivity contribution in [2.45, 2.75) is 19.4 Å². The van der Waals surface area contributed by atoms with Crippen LogP contribution in [0.5, 0.6) is 0 Å². The van der Waals surface area contributed by atoms with Crippen molar-refractivity contribution in [2.75, 3.05) is 15.9 Å². The first-order chi connectivity index (χ1) is 12.1. The van der Waals surface area contributed by atoms with Crippen molar-refractivity contribution in [3.63, 3.8) is 0 Å². The summed E-state index contributed by atoms with van der Waals surface area (Å²) in [7, 11) is -3.79. The van der Waals surface area contributed by atoms with Gasteiger partial charge in [-0.25, -0.2) is 8.42 Å². The second-order valence-electron chi connectivity index (χ2n) is 5.58. The van der Waals surface area contributed by atoms with Gasteiger partial charge in [0.1, 0.15) is 6.04 Å². The Morgan fingerprint density at radius 2 is 1.69 bits per heavy atom. The number of carbonyl (C=O) groups excluding carboxylic acids is 1. The van der Waals surface area contributed by atoms with Gasteiger partial charge in [-0.3, -0.25) is 9.10 Å². The van der Waals surface area contributed by atoms with Crippen LogP contribution in [0.25, 0.3) is 0 Å². The summed E-state index contributed by atoms with van der Waals surface area (Å²) in [5, 5.41) is 3.56. The van der Waals surface area contributed by atoms with Gasteiger partial charge < -0.3 is 5.32 Å². The molecule has 0 heterocycles. The second kappa shape index (κ2) is 8.48. The molecule has 0 aliphatic carbocycles. The van der Waals surface area contributed by atoms with Gasteiger partial charge in [0, 0.05) is 10.0 Å². The molecular formula is C17H17Cl3N2O3S. The van der Waals surface area contributed by atoms with Crippen molar-refractivity contribution in [3.05, 3.63) is 57.5 Å². The quantitative estimate of drug-likeness (QED) is 0.706. The first kappa shape index (κ1) is 20.8. The molecule has 1 atom stereocenters. The number of benzene rings is 2. The smallest absolute Gasteiger partial charge is 0.248 e. The zero-order chi connectivity index (χ0) is 19.5. The normalized spacial score (nSPS) is 12.5. The van der Waals surface area contributed by atoms with E-state index < -0.39 is 22.0 Å². The molecule has 9 heteroatoms. The molecule has 0 fully saturated rings. The summed E-state index contributed by atoms with van der Waals surface area (Å²) in [6, 6.07) is 10.1. The van der Waals surface area contributed by atoms with Crippen LogP contribution in [-0.2, 0) is 14.8 Å². The van der Waals surface area contributed by atoms with E-state index in [0.29, 0.717) is 10.7 Å². The van der Waals surface area contributed by atoms with E-state index in [-0.39, 0.29) is 22.2 Å². The van der Waals surface area contributed by atoms with Gasteiger partial charge in [-0.15, -0.1) is 0 Å². The number of hydrogen-bond donors (Lipinski definition) is 1. The van der Waals surface area contributed by atoms with Crippen LogP contribution in [0.4, 0.5) is 11.4 Å². The van der Waals surface area contributed by atoms with Crippen LogP contribution in [0.15, 0.2) is 42.5 Å². The molecule has 0 unspecified atom stereocenters. The van der Waals surface area contributed by atoms with Crippen LogP contribution in [0.2, 0.25) is 15.1 Å². The number of anilines is 2. The molecule has 26 heavy (non-hydrogen) atoms. The molecule has 0 aliphatic rings. The molecule has 0 bridgehead atoms. The van der Waals surface area contributed by atoms with Gasteiger partial charge in [0.25, 0.3) is 0 Å². The van der Waals surface area contributed by atoms with Crippen molar-refractivity contribution in [2.24, 2.45) is 0 Å². The minimum atomic E-state index is -3.79. The van der Waals surface area contributed by atoms with Crippen molar-refractivity contribution < 1.29 is 13.2 Å². The highest BCUT2D eigenvalue weighted by Crippen LogP contribution is 2.30. The van der Waals surface area contributed by atoms with E-state index in [4.69, 9.17) is 34.8 Å². The van der Waals surface area contributed by atoms with Crippen molar-refractivity contribution in [3.8, 4) is 0 Å². The van der Waals surface area contributed by atoms with Gasteiger partial charge in [0.05, 0.1) is 22.7 Å². The second-order valence-corrected chi connectivity index (χ2v) is 8.72. The first-order valence-electron chi connectivity index (χ1n) is 7.64. The van der Waals surface area contributed by atoms with Gasteiger partial charge in [-0.05, 0) is 36.8 Å². The van der Waals surface area contributed by atoms with Crippen LogP contribution in [-0.4, -0.2) is 26.6 Å². The summed E-state index contributed by atoms with van der Waals surface area (Å²) in [5.74, 6) is -0.512. The molecule has 140 valence electrons. The zero-order valence-corrected chi connectivity index (χ0v) is 17.1. The van der Waals surface area contributed by atoms with Crippen LogP contribution in [0.1, 0.15) is 13.3 Å². The maximum absolute atomic E-state index is 12.8. The predicted octanol–water partition coefficient (Wildman–Crippen LogP) is 4.83. The predicted molar refractivity (Wildman–Crippen MR) is 108 cm³/mol. The number of rotatable bonds is 6. The monoisotopic (exact) mass is 434 g/mol. The minimum Gasteiger partial charge on any atom is -0.323 e. The fourth-order valence-electron chi connectivity index (χ4n) is 2.51. The van der Waals surface area contributed by atoms with E-state index in [2.05, 4.69) is 5.32 Å². The molecule has 5 nitrogen and oxygen atoms in total. The molecular weight excluding hydrogens is 419 g/mol. The molecule has 2 aromatic rings. The third-order valence-electron chi connectivity index (χ3n) is 3.56. The lowest BCUT2D eigenvalue weighted by molar-refractivity contribution is -0.117. The summed E-state index contributed by atoms with van der Waals surface area (Å²) in [6.07, 6.45) is 1.25. The maximum atomic E-state index is 12.8. The number of hydrogen-bond acceptors (Lipinski definition) is 3. The Morgan fingerprint density at radius 3 is 2.19 bits per heavy atom. The Labute approximate surface area is 167 Å². The molecule has 1 amide bonds. The molecule has 0 spiro atoms. The van der Waals surface area contributed by atoms with Gasteiger partial charge in [0.2, 0.25) is 15.9 Å². The number of amides is 1. The fraction of sp³-hybridized carbons (Fsp3) is 0.235. The lowest BCUT2D eigenvalue weighted by Crippen LogP contribution is -2.47. The van der Waals surface area contributed by atoms with Gasteiger partial charge in [-0.1, -0.05) is 53.9 Å². The van der Waals surface area contributed by atoms with Gasteiger partial charge >= 0.3 is 0 Å². The van der Waals surface area contributed by atoms with Crippen LogP contribution >= 0.6 is 34.8 Å². The molecule has 0 aliphatic heterocycles. The number of nitrogens with zero attached hydrogens (tertiary/aromatic N) is 1. The molecule has 0 aromatic heterocycles. The van der Waals surface area contributed by atoms with Crippen molar-refractivity contribution in [1.29, 1.82) is 0 Å². The largest absolute Gasteiger partial charge is 0.323 e. The van der Waals surface area contributed by atoms with E-state index in [0.717, 1.165) is 10.6 Å². The van der Waals surface area contributed by atoms with Crippen LogP contribution in [0.3, 0.4) is 0 Å². The molecule has 0 radical (unpaired) electrons. The Hall–Kier alpha value is -1.47. The summed E-state index contributed by atoms with van der Waals surface area (Å²) in [5.41, 5.74) is 0.612. The topological polar surface area (TPSA) is 66.5 Å². The maximum Gasteiger partial charge on any atom is 0.248 e. The third kappa shape index (κ3) is 5.04. The number of sulfonamides is 1. The number of nitrogens with one attached hydrogen (secondary N) is 1. The summed E-state index contributed by atoms with van der Waals surface area (Å²) < 4.78 is 25.8. The SMILES string of the molecule is CC[C@@H](C(=O)Nc1ccccc1Cl)N(c1cc(Cl)cc(Cl)c1)S(C)(=O)=O. The molecule has 2 aromatic carbocycles. The Kier molecular flexibility index (Phi) is 6.80. The Morgan fingerprint density at radius 1 is 1.12 bits per heavy atom. The van der Waals surface area contributed by atoms with Crippen molar-refractivity contribution in [1.82, 2.24) is 0 Å². The number of para-hydroxylation sites is 1. The summed E-state index contributed by atoms with van der Waals surface area (Å²) in [4.78, 5) is 12.8. The van der Waals surface area contributed by atoms with E-state index in [9.17, 15) is 13.2 Å². The highest BCUT2D eigenvalue weighted by molar-refractivity contribution is 7.92. The van der Waals surface area contributed by atoms with E-state index in [1.807, 2.05) is 0 Å². The van der Waals surface area contributed by atoms with Gasteiger partial charge in [-0.2, -0.15) is 0 Å². The molecule has 0 saturated heterocycles. The van der Waals surface area contributed by atoms with Crippen LogP contribution < -0.4 is 9.62 Å². The lowest BCUT2D eigenvalue weighted by atomic mass is 10.2.